The summed E-state index contributed by atoms with van der Waals surface area (Å²) >= 11 is 0. The average molecular weight is 409 g/mol. The highest BCUT2D eigenvalue weighted by Gasteiger charge is 2.12. The number of carbonyl (C=O) groups excluding carboxylic acids is 1. The number of carboxylic acid groups (broad SMARTS) is 1. The Morgan fingerprint density at radius 3 is 2.30 bits per heavy atom. The van der Waals surface area contributed by atoms with Gasteiger partial charge in [-0.1, -0.05) is 54.6 Å². The fourth-order valence-corrected chi connectivity index (χ4v) is 3.03. The maximum absolute atomic E-state index is 12.4. The molecule has 0 saturated heterocycles. The van der Waals surface area contributed by atoms with E-state index in [-0.39, 0.29) is 18.9 Å². The van der Waals surface area contributed by atoms with Crippen molar-refractivity contribution < 1.29 is 24.5 Å². The number of ether oxygens (including phenoxy) is 1. The Kier molecular flexibility index (Phi) is 8.84. The molecule has 0 unspecified atom stereocenters. The van der Waals surface area contributed by atoms with Gasteiger partial charge in [0.05, 0.1) is 0 Å². The summed E-state index contributed by atoms with van der Waals surface area (Å²) in [5, 5.41) is 18.0. The normalized spacial score (nSPS) is 10.1. The molecule has 2 N–H and O–H groups in total. The molecule has 30 heavy (non-hydrogen) atoms. The number of likely N-dealkylation sites (N-methyl/N-ethyl adjacent to an activating group) is 1. The molecule has 0 spiro atoms. The highest BCUT2D eigenvalue weighted by atomic mass is 16.5. The first-order chi connectivity index (χ1) is 14.5. The Labute approximate surface area is 176 Å². The van der Waals surface area contributed by atoms with Crippen LogP contribution in [-0.4, -0.2) is 47.8 Å². The summed E-state index contributed by atoms with van der Waals surface area (Å²) in [7, 11) is 2.77. The van der Waals surface area contributed by atoms with Gasteiger partial charge in [0.25, 0.3) is 5.91 Å². The lowest BCUT2D eigenvalue weighted by molar-refractivity contribution is -0.137. The van der Waals surface area contributed by atoms with Gasteiger partial charge in [0.15, 0.2) is 6.61 Å². The molecule has 0 atom stereocenters. The molecular weight excluding hydrogens is 382 g/mol. The van der Waals surface area contributed by atoms with Gasteiger partial charge in [-0.3, -0.25) is 9.59 Å². The molecule has 0 aromatic heterocycles. The van der Waals surface area contributed by atoms with E-state index in [4.69, 9.17) is 14.9 Å². The molecule has 0 aliphatic rings. The van der Waals surface area contributed by atoms with E-state index in [0.29, 0.717) is 18.7 Å². The van der Waals surface area contributed by atoms with Crippen molar-refractivity contribution in [2.24, 2.45) is 0 Å². The molecule has 0 radical (unpaired) electrons. The molecular formula is C24H27NO5. The fraction of sp³-hybridized carbons (Fsp3) is 0.250. The van der Waals surface area contributed by atoms with Crippen molar-refractivity contribution in [3.05, 3.63) is 77.9 Å². The van der Waals surface area contributed by atoms with Gasteiger partial charge in [-0.2, -0.15) is 0 Å². The number of hydrogen-bond acceptors (Lipinski definition) is 4. The van der Waals surface area contributed by atoms with Crippen molar-refractivity contribution in [1.82, 2.24) is 4.90 Å². The molecule has 0 saturated carbocycles. The van der Waals surface area contributed by atoms with Crippen LogP contribution in [-0.2, 0) is 22.6 Å². The second-order valence-corrected chi connectivity index (χ2v) is 6.71. The maximum atomic E-state index is 12.4. The number of carbonyl (C=O) groups is 2. The van der Waals surface area contributed by atoms with Crippen LogP contribution in [0.1, 0.15) is 17.5 Å². The summed E-state index contributed by atoms with van der Waals surface area (Å²) < 4.78 is 5.59. The summed E-state index contributed by atoms with van der Waals surface area (Å²) in [5.74, 6) is -0.339. The Balaban J connectivity index is 0.00000155. The molecule has 0 aliphatic heterocycles. The van der Waals surface area contributed by atoms with E-state index < -0.39 is 5.97 Å². The molecule has 0 bridgehead atoms. The van der Waals surface area contributed by atoms with E-state index in [0.717, 1.165) is 29.0 Å². The van der Waals surface area contributed by atoms with E-state index in [9.17, 15) is 9.59 Å². The van der Waals surface area contributed by atoms with Gasteiger partial charge in [-0.05, 0) is 40.5 Å². The monoisotopic (exact) mass is 409 g/mol. The lowest BCUT2D eigenvalue weighted by atomic mass is 10.0. The first-order valence-corrected chi connectivity index (χ1v) is 9.62. The minimum absolute atomic E-state index is 0.0459. The van der Waals surface area contributed by atoms with Gasteiger partial charge in [0.2, 0.25) is 0 Å². The number of aryl methyl sites for hydroxylation is 1. The molecule has 0 fully saturated rings. The quantitative estimate of drug-likeness (QED) is 0.595. The number of amides is 1. The van der Waals surface area contributed by atoms with Crippen LogP contribution in [0, 0.1) is 0 Å². The fourth-order valence-electron chi connectivity index (χ4n) is 3.03. The molecule has 3 rings (SSSR count). The maximum Gasteiger partial charge on any atom is 0.303 e. The number of aliphatic hydroxyl groups excluding tert-OH is 1. The Morgan fingerprint density at radius 1 is 0.933 bits per heavy atom. The van der Waals surface area contributed by atoms with E-state index in [2.05, 4.69) is 18.2 Å². The molecule has 1 amide bonds. The third-order valence-electron chi connectivity index (χ3n) is 4.63. The lowest BCUT2D eigenvalue weighted by Crippen LogP contribution is -2.31. The number of aliphatic carboxylic acids is 1. The van der Waals surface area contributed by atoms with Crippen LogP contribution >= 0.6 is 0 Å². The van der Waals surface area contributed by atoms with Crippen molar-refractivity contribution in [2.45, 2.75) is 19.4 Å². The Hall–Kier alpha value is -3.38. The summed E-state index contributed by atoms with van der Waals surface area (Å²) in [6, 6.07) is 21.4. The van der Waals surface area contributed by atoms with Crippen LogP contribution in [0.5, 0.6) is 5.75 Å². The SMILES string of the molecule is CN(Cc1cccc2ccccc12)C(=O)COc1ccc(CCC(=O)O)cc1.CO. The predicted molar refractivity (Wildman–Crippen MR) is 116 cm³/mol. The minimum atomic E-state index is -0.819. The zero-order valence-corrected chi connectivity index (χ0v) is 17.2. The van der Waals surface area contributed by atoms with Crippen molar-refractivity contribution in [3.8, 4) is 5.75 Å². The largest absolute Gasteiger partial charge is 0.484 e. The summed E-state index contributed by atoms with van der Waals surface area (Å²) in [6.45, 7) is 0.466. The molecule has 0 aliphatic carbocycles. The summed E-state index contributed by atoms with van der Waals surface area (Å²) in [4.78, 5) is 24.7. The van der Waals surface area contributed by atoms with Crippen LogP contribution in [0.3, 0.4) is 0 Å². The number of benzene rings is 3. The van der Waals surface area contributed by atoms with Crippen LogP contribution in [0.4, 0.5) is 0 Å². The average Bonchev–Trinajstić information content (AvgIpc) is 2.78. The summed E-state index contributed by atoms with van der Waals surface area (Å²) in [6.07, 6.45) is 0.569. The van der Waals surface area contributed by atoms with Gasteiger partial charge < -0.3 is 19.8 Å². The zero-order valence-electron chi connectivity index (χ0n) is 17.2. The van der Waals surface area contributed by atoms with Crippen molar-refractivity contribution in [2.75, 3.05) is 20.8 Å². The third kappa shape index (κ3) is 6.60. The Morgan fingerprint density at radius 2 is 1.60 bits per heavy atom. The number of nitrogens with zero attached hydrogens (tertiary/aromatic N) is 1. The van der Waals surface area contributed by atoms with Gasteiger partial charge in [0, 0.05) is 27.1 Å². The van der Waals surface area contributed by atoms with E-state index in [1.54, 1.807) is 24.1 Å². The van der Waals surface area contributed by atoms with E-state index in [1.165, 1.54) is 0 Å². The standard InChI is InChI=1S/C23H23NO4.CH4O/c1-24(15-19-7-4-6-18-5-2-3-8-21(18)19)22(25)16-28-20-12-9-17(10-13-20)11-14-23(26)27;1-2/h2-10,12-13H,11,14-16H2,1H3,(H,26,27);2H,1H3. The highest BCUT2D eigenvalue weighted by molar-refractivity contribution is 5.86. The Bertz CT molecular complexity index is 964. The first-order valence-electron chi connectivity index (χ1n) is 9.62. The first kappa shape index (κ1) is 22.9. The third-order valence-corrected chi connectivity index (χ3v) is 4.63. The number of hydrogen-bond donors (Lipinski definition) is 2. The van der Waals surface area contributed by atoms with Crippen LogP contribution in [0.25, 0.3) is 10.8 Å². The minimum Gasteiger partial charge on any atom is -0.484 e. The van der Waals surface area contributed by atoms with Crippen LogP contribution < -0.4 is 4.74 Å². The molecule has 0 heterocycles. The van der Waals surface area contributed by atoms with Gasteiger partial charge in [-0.25, -0.2) is 0 Å². The molecule has 158 valence electrons. The van der Waals surface area contributed by atoms with Crippen LogP contribution in [0.2, 0.25) is 0 Å². The number of aliphatic hydroxyl groups is 1. The number of carboxylic acids is 1. The highest BCUT2D eigenvalue weighted by Crippen LogP contribution is 2.20. The smallest absolute Gasteiger partial charge is 0.303 e. The van der Waals surface area contributed by atoms with Crippen LogP contribution in [0.15, 0.2) is 66.7 Å². The van der Waals surface area contributed by atoms with E-state index >= 15 is 0 Å². The van der Waals surface area contributed by atoms with Crippen molar-refractivity contribution in [1.29, 1.82) is 0 Å². The second-order valence-electron chi connectivity index (χ2n) is 6.71. The molecule has 6 heteroatoms. The number of fused-ring (bicyclic) bond motifs is 1. The van der Waals surface area contributed by atoms with Gasteiger partial charge in [-0.15, -0.1) is 0 Å². The van der Waals surface area contributed by atoms with Gasteiger partial charge in [0.1, 0.15) is 5.75 Å². The molecule has 3 aromatic carbocycles. The molecule has 6 nitrogen and oxygen atoms in total. The van der Waals surface area contributed by atoms with Gasteiger partial charge >= 0.3 is 5.97 Å². The second kappa shape index (κ2) is 11.6. The lowest BCUT2D eigenvalue weighted by Gasteiger charge is -2.19. The topological polar surface area (TPSA) is 87.1 Å². The molecule has 3 aromatic rings. The van der Waals surface area contributed by atoms with Crippen molar-refractivity contribution in [3.63, 3.8) is 0 Å². The summed E-state index contributed by atoms with van der Waals surface area (Å²) in [5.41, 5.74) is 2.02. The van der Waals surface area contributed by atoms with Crippen molar-refractivity contribution >= 4 is 22.6 Å². The number of rotatable bonds is 8. The van der Waals surface area contributed by atoms with E-state index in [1.807, 2.05) is 36.4 Å². The zero-order chi connectivity index (χ0) is 21.9. The predicted octanol–water partition coefficient (Wildman–Crippen LogP) is 3.50.